The standard InChI is InChI=1S/C16H14F2O3/c1-10(21-15-6-4-3-5-14(15)20-2)16(19)12-8-7-11(17)9-13(12)18/h3-10H,1-2H3. The molecule has 0 aliphatic carbocycles. The molecule has 0 aromatic heterocycles. The fraction of sp³-hybridized carbons (Fsp3) is 0.188. The number of benzene rings is 2. The van der Waals surface area contributed by atoms with Crippen LogP contribution in [0.3, 0.4) is 0 Å². The van der Waals surface area contributed by atoms with Crippen LogP contribution in [0.1, 0.15) is 17.3 Å². The Labute approximate surface area is 121 Å². The van der Waals surface area contributed by atoms with E-state index in [1.165, 1.54) is 14.0 Å². The number of carbonyl (C=O) groups is 1. The number of ketones is 1. The van der Waals surface area contributed by atoms with Crippen molar-refractivity contribution in [3.8, 4) is 11.5 Å². The van der Waals surface area contributed by atoms with Gasteiger partial charge in [0.25, 0.3) is 0 Å². The number of methoxy groups -OCH3 is 1. The van der Waals surface area contributed by atoms with Crippen LogP contribution in [0.25, 0.3) is 0 Å². The molecule has 0 fully saturated rings. The van der Waals surface area contributed by atoms with Crippen LogP contribution in [0.4, 0.5) is 8.78 Å². The van der Waals surface area contributed by atoms with Gasteiger partial charge in [-0.2, -0.15) is 0 Å². The molecule has 0 N–H and O–H groups in total. The van der Waals surface area contributed by atoms with Gasteiger partial charge in [-0.05, 0) is 31.2 Å². The SMILES string of the molecule is COc1ccccc1OC(C)C(=O)c1ccc(F)cc1F. The summed E-state index contributed by atoms with van der Waals surface area (Å²) in [7, 11) is 1.48. The predicted molar refractivity (Wildman–Crippen MR) is 73.8 cm³/mol. The molecule has 0 saturated carbocycles. The smallest absolute Gasteiger partial charge is 0.205 e. The third-order valence-corrected chi connectivity index (χ3v) is 2.94. The van der Waals surface area contributed by atoms with E-state index in [-0.39, 0.29) is 5.56 Å². The van der Waals surface area contributed by atoms with Crippen LogP contribution in [-0.4, -0.2) is 19.0 Å². The fourth-order valence-electron chi connectivity index (χ4n) is 1.87. The van der Waals surface area contributed by atoms with E-state index in [9.17, 15) is 13.6 Å². The largest absolute Gasteiger partial charge is 0.493 e. The molecule has 1 atom stereocenters. The second-order valence-corrected chi connectivity index (χ2v) is 4.40. The number of halogens is 2. The molecular formula is C16H14F2O3. The molecule has 0 amide bonds. The van der Waals surface area contributed by atoms with Gasteiger partial charge in [0.05, 0.1) is 12.7 Å². The van der Waals surface area contributed by atoms with Gasteiger partial charge in [-0.25, -0.2) is 8.78 Å². The molecular weight excluding hydrogens is 278 g/mol. The highest BCUT2D eigenvalue weighted by molar-refractivity contribution is 5.99. The molecule has 0 spiro atoms. The summed E-state index contributed by atoms with van der Waals surface area (Å²) in [4.78, 5) is 12.2. The Bertz CT molecular complexity index is 656. The lowest BCUT2D eigenvalue weighted by Crippen LogP contribution is -2.25. The lowest BCUT2D eigenvalue weighted by Gasteiger charge is -2.16. The van der Waals surface area contributed by atoms with Crippen molar-refractivity contribution in [3.63, 3.8) is 0 Å². The zero-order chi connectivity index (χ0) is 15.4. The average Bonchev–Trinajstić information content (AvgIpc) is 2.47. The summed E-state index contributed by atoms with van der Waals surface area (Å²) < 4.78 is 37.1. The second kappa shape index (κ2) is 6.35. The number of rotatable bonds is 5. The van der Waals surface area contributed by atoms with Gasteiger partial charge >= 0.3 is 0 Å². The van der Waals surface area contributed by atoms with E-state index >= 15 is 0 Å². The first-order chi connectivity index (χ1) is 10.0. The van der Waals surface area contributed by atoms with Crippen LogP contribution >= 0.6 is 0 Å². The summed E-state index contributed by atoms with van der Waals surface area (Å²) in [5.74, 6) is -1.36. The van der Waals surface area contributed by atoms with E-state index in [4.69, 9.17) is 9.47 Å². The van der Waals surface area contributed by atoms with Crippen molar-refractivity contribution in [1.82, 2.24) is 0 Å². The van der Waals surface area contributed by atoms with Crippen LogP contribution in [0.2, 0.25) is 0 Å². The van der Waals surface area contributed by atoms with E-state index in [1.807, 2.05) is 0 Å². The summed E-state index contributed by atoms with van der Waals surface area (Å²) in [6.07, 6.45) is -0.929. The predicted octanol–water partition coefficient (Wildman–Crippen LogP) is 3.62. The van der Waals surface area contributed by atoms with Crippen molar-refractivity contribution in [1.29, 1.82) is 0 Å². The summed E-state index contributed by atoms with van der Waals surface area (Å²) >= 11 is 0. The van der Waals surface area contributed by atoms with Crippen molar-refractivity contribution in [2.75, 3.05) is 7.11 Å². The molecule has 0 saturated heterocycles. The first kappa shape index (κ1) is 15.0. The lowest BCUT2D eigenvalue weighted by molar-refractivity contribution is 0.0809. The number of para-hydroxylation sites is 2. The highest BCUT2D eigenvalue weighted by Crippen LogP contribution is 2.27. The minimum atomic E-state index is -0.929. The first-order valence-electron chi connectivity index (χ1n) is 6.32. The first-order valence-corrected chi connectivity index (χ1v) is 6.32. The number of Topliss-reactive ketones (excluding diaryl/α,β-unsaturated/α-hetero) is 1. The molecule has 0 aliphatic heterocycles. The van der Waals surface area contributed by atoms with Gasteiger partial charge in [0, 0.05) is 6.07 Å². The Kier molecular flexibility index (Phi) is 4.52. The van der Waals surface area contributed by atoms with Gasteiger partial charge < -0.3 is 9.47 Å². The van der Waals surface area contributed by atoms with Crippen LogP contribution in [0.15, 0.2) is 42.5 Å². The van der Waals surface area contributed by atoms with Crippen molar-refractivity contribution < 1.29 is 23.0 Å². The van der Waals surface area contributed by atoms with Crippen molar-refractivity contribution in [3.05, 3.63) is 59.7 Å². The van der Waals surface area contributed by atoms with Crippen LogP contribution in [0, 0.1) is 11.6 Å². The van der Waals surface area contributed by atoms with E-state index in [2.05, 4.69) is 0 Å². The molecule has 5 heteroatoms. The number of hydrogen-bond acceptors (Lipinski definition) is 3. The average molecular weight is 292 g/mol. The number of ether oxygens (including phenoxy) is 2. The minimum Gasteiger partial charge on any atom is -0.493 e. The molecule has 110 valence electrons. The molecule has 2 aromatic carbocycles. The fourth-order valence-corrected chi connectivity index (χ4v) is 1.87. The Balaban J connectivity index is 2.19. The number of hydrogen-bond donors (Lipinski definition) is 0. The highest BCUT2D eigenvalue weighted by Gasteiger charge is 2.21. The van der Waals surface area contributed by atoms with Crippen LogP contribution < -0.4 is 9.47 Å². The molecule has 2 aromatic rings. The maximum absolute atomic E-state index is 13.6. The van der Waals surface area contributed by atoms with Gasteiger partial charge in [-0.15, -0.1) is 0 Å². The topological polar surface area (TPSA) is 35.5 Å². The molecule has 0 radical (unpaired) electrons. The molecule has 1 unspecified atom stereocenters. The quantitative estimate of drug-likeness (QED) is 0.790. The highest BCUT2D eigenvalue weighted by atomic mass is 19.1. The van der Waals surface area contributed by atoms with Crippen molar-refractivity contribution >= 4 is 5.78 Å². The summed E-state index contributed by atoms with van der Waals surface area (Å²) in [6, 6.07) is 9.63. The van der Waals surface area contributed by atoms with Gasteiger partial charge in [0.1, 0.15) is 11.6 Å². The zero-order valence-electron chi connectivity index (χ0n) is 11.6. The molecule has 21 heavy (non-hydrogen) atoms. The number of carbonyl (C=O) groups excluding carboxylic acids is 1. The maximum Gasteiger partial charge on any atom is 0.205 e. The molecule has 0 bridgehead atoms. The Morgan fingerprint density at radius 2 is 1.76 bits per heavy atom. The van der Waals surface area contributed by atoms with Crippen molar-refractivity contribution in [2.24, 2.45) is 0 Å². The van der Waals surface area contributed by atoms with Crippen LogP contribution in [-0.2, 0) is 0 Å². The van der Waals surface area contributed by atoms with E-state index < -0.39 is 23.5 Å². The molecule has 0 heterocycles. The zero-order valence-corrected chi connectivity index (χ0v) is 11.6. The molecule has 2 rings (SSSR count). The normalized spacial score (nSPS) is 11.8. The van der Waals surface area contributed by atoms with E-state index in [0.717, 1.165) is 12.1 Å². The summed E-state index contributed by atoms with van der Waals surface area (Å²) in [5.41, 5.74) is -0.209. The van der Waals surface area contributed by atoms with Gasteiger partial charge in [-0.1, -0.05) is 12.1 Å². The van der Waals surface area contributed by atoms with E-state index in [1.54, 1.807) is 24.3 Å². The Morgan fingerprint density at radius 1 is 1.10 bits per heavy atom. The maximum atomic E-state index is 13.6. The van der Waals surface area contributed by atoms with Gasteiger partial charge in [-0.3, -0.25) is 4.79 Å². The summed E-state index contributed by atoms with van der Waals surface area (Å²) in [5, 5.41) is 0. The van der Waals surface area contributed by atoms with Crippen molar-refractivity contribution in [2.45, 2.75) is 13.0 Å². The Morgan fingerprint density at radius 3 is 2.38 bits per heavy atom. The van der Waals surface area contributed by atoms with Gasteiger partial charge in [0.15, 0.2) is 17.6 Å². The Hall–Kier alpha value is -2.43. The third kappa shape index (κ3) is 3.37. The van der Waals surface area contributed by atoms with Gasteiger partial charge in [0.2, 0.25) is 5.78 Å². The lowest BCUT2D eigenvalue weighted by atomic mass is 10.1. The second-order valence-electron chi connectivity index (χ2n) is 4.40. The minimum absolute atomic E-state index is 0.209. The summed E-state index contributed by atoms with van der Waals surface area (Å²) in [6.45, 7) is 1.50. The monoisotopic (exact) mass is 292 g/mol. The van der Waals surface area contributed by atoms with Crippen LogP contribution in [0.5, 0.6) is 11.5 Å². The van der Waals surface area contributed by atoms with E-state index in [0.29, 0.717) is 17.6 Å². The third-order valence-electron chi connectivity index (χ3n) is 2.94. The molecule has 3 nitrogen and oxygen atoms in total. The molecule has 0 aliphatic rings.